The molecule has 0 aromatic carbocycles. The Morgan fingerprint density at radius 1 is 0.515 bits per heavy atom. The SMILES string of the molecule is CCCCC1CCC(CCC2CCC(C3CCC(CCCCO)CC3CC)C(CC)C2)CC1. The second-order valence-electron chi connectivity index (χ2n) is 12.8. The molecule has 1 N–H and O–H groups in total. The molecule has 1 heteroatoms. The van der Waals surface area contributed by atoms with Crippen LogP contribution in [0.1, 0.15) is 149 Å². The van der Waals surface area contributed by atoms with Crippen molar-refractivity contribution in [2.45, 2.75) is 149 Å². The average molecular weight is 461 g/mol. The molecule has 0 radical (unpaired) electrons. The quantitative estimate of drug-likeness (QED) is 0.271. The van der Waals surface area contributed by atoms with E-state index in [1.54, 1.807) is 44.9 Å². The van der Waals surface area contributed by atoms with Crippen LogP contribution in [0.3, 0.4) is 0 Å². The van der Waals surface area contributed by atoms with Crippen molar-refractivity contribution < 1.29 is 5.11 Å². The topological polar surface area (TPSA) is 20.2 Å². The molecule has 0 heterocycles. The van der Waals surface area contributed by atoms with E-state index in [0.29, 0.717) is 6.61 Å². The minimum atomic E-state index is 0.383. The molecule has 194 valence electrons. The van der Waals surface area contributed by atoms with Crippen LogP contribution in [0.2, 0.25) is 0 Å². The Hall–Kier alpha value is -0.0400. The molecule has 0 aromatic heterocycles. The van der Waals surface area contributed by atoms with Crippen molar-refractivity contribution in [1.29, 1.82) is 0 Å². The second kappa shape index (κ2) is 15.2. The average Bonchev–Trinajstić information content (AvgIpc) is 2.86. The molecule has 0 bridgehead atoms. The van der Waals surface area contributed by atoms with Crippen molar-refractivity contribution in [1.82, 2.24) is 0 Å². The van der Waals surface area contributed by atoms with E-state index in [1.165, 1.54) is 77.0 Å². The molecule has 0 aromatic rings. The van der Waals surface area contributed by atoms with Gasteiger partial charge in [0.1, 0.15) is 0 Å². The molecule has 0 aliphatic heterocycles. The summed E-state index contributed by atoms with van der Waals surface area (Å²) in [7, 11) is 0. The van der Waals surface area contributed by atoms with Gasteiger partial charge in [-0.2, -0.15) is 0 Å². The molecule has 3 rings (SSSR count). The summed E-state index contributed by atoms with van der Waals surface area (Å²) >= 11 is 0. The summed E-state index contributed by atoms with van der Waals surface area (Å²) in [4.78, 5) is 0. The molecule has 6 unspecified atom stereocenters. The summed E-state index contributed by atoms with van der Waals surface area (Å²) < 4.78 is 0. The van der Waals surface area contributed by atoms with E-state index in [1.807, 2.05) is 0 Å². The first-order valence-electron chi connectivity index (χ1n) is 15.8. The van der Waals surface area contributed by atoms with Crippen LogP contribution in [-0.2, 0) is 0 Å². The molecular formula is C32H60O. The van der Waals surface area contributed by atoms with Gasteiger partial charge in [0, 0.05) is 6.61 Å². The summed E-state index contributed by atoms with van der Waals surface area (Å²) in [6.45, 7) is 7.70. The molecule has 1 nitrogen and oxygen atoms in total. The van der Waals surface area contributed by atoms with Gasteiger partial charge in [-0.1, -0.05) is 117 Å². The first-order valence-corrected chi connectivity index (χ1v) is 15.8. The molecule has 33 heavy (non-hydrogen) atoms. The molecule has 3 aliphatic carbocycles. The molecule has 6 atom stereocenters. The molecule has 3 aliphatic rings. The molecule has 3 fully saturated rings. The van der Waals surface area contributed by atoms with Gasteiger partial charge in [-0.3, -0.25) is 0 Å². The van der Waals surface area contributed by atoms with Gasteiger partial charge in [-0.25, -0.2) is 0 Å². The summed E-state index contributed by atoms with van der Waals surface area (Å²) in [5.41, 5.74) is 0. The summed E-state index contributed by atoms with van der Waals surface area (Å²) in [6.07, 6.45) is 29.2. The first-order chi connectivity index (χ1) is 16.2. The second-order valence-corrected chi connectivity index (χ2v) is 12.8. The van der Waals surface area contributed by atoms with Gasteiger partial charge in [-0.05, 0) is 79.4 Å². The number of aliphatic hydroxyl groups is 1. The molecular weight excluding hydrogens is 400 g/mol. The maximum atomic E-state index is 9.13. The third kappa shape index (κ3) is 8.54. The maximum Gasteiger partial charge on any atom is 0.0431 e. The zero-order valence-corrected chi connectivity index (χ0v) is 22.9. The van der Waals surface area contributed by atoms with Gasteiger partial charge in [0.15, 0.2) is 0 Å². The smallest absolute Gasteiger partial charge is 0.0431 e. The third-order valence-corrected chi connectivity index (χ3v) is 10.8. The van der Waals surface area contributed by atoms with E-state index < -0.39 is 0 Å². The van der Waals surface area contributed by atoms with Gasteiger partial charge >= 0.3 is 0 Å². The van der Waals surface area contributed by atoms with Crippen LogP contribution in [0.15, 0.2) is 0 Å². The fraction of sp³-hybridized carbons (Fsp3) is 1.00. The van der Waals surface area contributed by atoms with Gasteiger partial charge in [0.2, 0.25) is 0 Å². The van der Waals surface area contributed by atoms with Gasteiger partial charge in [0.25, 0.3) is 0 Å². The van der Waals surface area contributed by atoms with Crippen molar-refractivity contribution in [2.75, 3.05) is 6.61 Å². The summed E-state index contributed by atoms with van der Waals surface area (Å²) in [5, 5.41) is 9.13. The molecule has 0 amide bonds. The highest BCUT2D eigenvalue weighted by Gasteiger charge is 2.40. The van der Waals surface area contributed by atoms with Crippen molar-refractivity contribution in [2.24, 2.45) is 47.3 Å². The normalized spacial score (nSPS) is 37.8. The van der Waals surface area contributed by atoms with Crippen molar-refractivity contribution >= 4 is 0 Å². The fourth-order valence-corrected chi connectivity index (χ4v) is 8.68. The Balaban J connectivity index is 1.41. The van der Waals surface area contributed by atoms with Crippen molar-refractivity contribution in [3.8, 4) is 0 Å². The van der Waals surface area contributed by atoms with E-state index in [-0.39, 0.29) is 0 Å². The zero-order valence-electron chi connectivity index (χ0n) is 22.9. The number of hydrogen-bond acceptors (Lipinski definition) is 1. The monoisotopic (exact) mass is 460 g/mol. The largest absolute Gasteiger partial charge is 0.396 e. The highest BCUT2D eigenvalue weighted by atomic mass is 16.2. The predicted molar refractivity (Wildman–Crippen MR) is 144 cm³/mol. The maximum absolute atomic E-state index is 9.13. The lowest BCUT2D eigenvalue weighted by atomic mass is 9.59. The third-order valence-electron chi connectivity index (χ3n) is 10.8. The number of hydrogen-bond donors (Lipinski definition) is 1. The van der Waals surface area contributed by atoms with Crippen LogP contribution in [-0.4, -0.2) is 11.7 Å². The Kier molecular flexibility index (Phi) is 12.7. The number of unbranched alkanes of at least 4 members (excludes halogenated alkanes) is 2. The lowest BCUT2D eigenvalue weighted by Crippen LogP contribution is -2.37. The Bertz CT molecular complexity index is 493. The van der Waals surface area contributed by atoms with Crippen LogP contribution in [0.5, 0.6) is 0 Å². The Morgan fingerprint density at radius 2 is 0.970 bits per heavy atom. The van der Waals surface area contributed by atoms with Crippen LogP contribution >= 0.6 is 0 Å². The van der Waals surface area contributed by atoms with E-state index >= 15 is 0 Å². The lowest BCUT2D eigenvalue weighted by Gasteiger charge is -2.46. The molecule has 0 spiro atoms. The van der Waals surface area contributed by atoms with E-state index in [4.69, 9.17) is 5.11 Å². The minimum absolute atomic E-state index is 0.383. The van der Waals surface area contributed by atoms with Crippen LogP contribution in [0.4, 0.5) is 0 Å². The van der Waals surface area contributed by atoms with Gasteiger partial charge in [0.05, 0.1) is 0 Å². The van der Waals surface area contributed by atoms with Crippen molar-refractivity contribution in [3.05, 3.63) is 0 Å². The van der Waals surface area contributed by atoms with E-state index in [0.717, 1.165) is 53.8 Å². The van der Waals surface area contributed by atoms with Crippen LogP contribution in [0.25, 0.3) is 0 Å². The standard InChI is InChI=1S/C32H60O/c1-4-7-10-25-12-14-26(15-13-25)16-17-28-19-21-32(30(6-3)24-28)31-20-18-27(11-8-9-22-33)23-29(31)5-2/h25-33H,4-24H2,1-3H3. The first kappa shape index (κ1) is 27.5. The van der Waals surface area contributed by atoms with Gasteiger partial charge in [-0.15, -0.1) is 0 Å². The fourth-order valence-electron chi connectivity index (χ4n) is 8.68. The number of rotatable bonds is 13. The highest BCUT2D eigenvalue weighted by Crippen LogP contribution is 2.50. The zero-order chi connectivity index (χ0) is 23.5. The lowest BCUT2D eigenvalue weighted by molar-refractivity contribution is 0.0373. The summed E-state index contributed by atoms with van der Waals surface area (Å²) in [6, 6.07) is 0. The predicted octanol–water partition coefficient (Wildman–Crippen LogP) is 9.81. The van der Waals surface area contributed by atoms with Gasteiger partial charge < -0.3 is 5.11 Å². The van der Waals surface area contributed by atoms with E-state index in [2.05, 4.69) is 20.8 Å². The summed E-state index contributed by atoms with van der Waals surface area (Å²) in [5.74, 6) is 8.17. The minimum Gasteiger partial charge on any atom is -0.396 e. The van der Waals surface area contributed by atoms with Crippen molar-refractivity contribution in [3.63, 3.8) is 0 Å². The Morgan fingerprint density at radius 3 is 1.48 bits per heavy atom. The van der Waals surface area contributed by atoms with E-state index in [9.17, 15) is 0 Å². The highest BCUT2D eigenvalue weighted by molar-refractivity contribution is 4.90. The molecule has 0 saturated heterocycles. The van der Waals surface area contributed by atoms with Crippen LogP contribution < -0.4 is 0 Å². The van der Waals surface area contributed by atoms with Crippen LogP contribution in [0, 0.1) is 47.3 Å². The Labute approximate surface area is 208 Å². The number of aliphatic hydroxyl groups excluding tert-OH is 1. The molecule has 3 saturated carbocycles.